The lowest BCUT2D eigenvalue weighted by molar-refractivity contribution is 0.395. The highest BCUT2D eigenvalue weighted by molar-refractivity contribution is 7.89. The van der Waals surface area contributed by atoms with E-state index in [1.807, 2.05) is 13.8 Å². The van der Waals surface area contributed by atoms with Crippen molar-refractivity contribution in [3.05, 3.63) is 23.0 Å². The molecule has 0 aliphatic rings. The van der Waals surface area contributed by atoms with Gasteiger partial charge in [0.2, 0.25) is 10.0 Å². The highest BCUT2D eigenvalue weighted by Crippen LogP contribution is 2.29. The van der Waals surface area contributed by atoms with Crippen LogP contribution in [0.2, 0.25) is 5.02 Å². The molecule has 0 aliphatic heterocycles. The first-order valence-electron chi connectivity index (χ1n) is 7.09. The molecule has 2 N–H and O–H groups in total. The number of rotatable bonds is 8. The first-order chi connectivity index (χ1) is 9.84. The summed E-state index contributed by atoms with van der Waals surface area (Å²) in [5.74, 6) is -0.715. The summed E-state index contributed by atoms with van der Waals surface area (Å²) in [6.45, 7) is 4.83. The zero-order valence-corrected chi connectivity index (χ0v) is 14.0. The molecular formula is C14H22ClFN2O2S. The Kier molecular flexibility index (Phi) is 6.90. The zero-order chi connectivity index (χ0) is 16.0. The standard InChI is InChI=1S/C14H22ClFN2O2S/c1-3-5-7-18(8-6-4-2)21(19,20)14-10-13(17)12(16)9-11(14)15/h9-10H,3-8,17H2,1-2H3. The van der Waals surface area contributed by atoms with E-state index in [2.05, 4.69) is 0 Å². The van der Waals surface area contributed by atoms with Gasteiger partial charge in [0.25, 0.3) is 0 Å². The highest BCUT2D eigenvalue weighted by Gasteiger charge is 2.27. The summed E-state index contributed by atoms with van der Waals surface area (Å²) in [6.07, 6.45) is 3.29. The summed E-state index contributed by atoms with van der Waals surface area (Å²) >= 11 is 5.90. The van der Waals surface area contributed by atoms with E-state index >= 15 is 0 Å². The molecule has 120 valence electrons. The van der Waals surface area contributed by atoms with Crippen LogP contribution >= 0.6 is 11.6 Å². The number of nitrogens with zero attached hydrogens (tertiary/aromatic N) is 1. The van der Waals surface area contributed by atoms with Gasteiger partial charge in [0, 0.05) is 13.1 Å². The number of benzene rings is 1. The molecule has 7 heteroatoms. The number of hydrogen-bond acceptors (Lipinski definition) is 3. The predicted molar refractivity (Wildman–Crippen MR) is 84.4 cm³/mol. The molecule has 0 atom stereocenters. The van der Waals surface area contributed by atoms with E-state index in [-0.39, 0.29) is 15.6 Å². The minimum absolute atomic E-state index is 0.129. The average Bonchev–Trinajstić information content (AvgIpc) is 2.42. The fourth-order valence-electron chi connectivity index (χ4n) is 1.90. The van der Waals surface area contributed by atoms with E-state index in [0.29, 0.717) is 13.1 Å². The maximum atomic E-state index is 13.3. The van der Waals surface area contributed by atoms with Crippen molar-refractivity contribution in [3.8, 4) is 0 Å². The Bertz CT molecular complexity index is 571. The summed E-state index contributed by atoms with van der Waals surface area (Å²) in [5.41, 5.74) is 5.25. The molecule has 0 fully saturated rings. The second kappa shape index (κ2) is 7.96. The molecule has 0 saturated carbocycles. The van der Waals surface area contributed by atoms with Crippen molar-refractivity contribution in [2.24, 2.45) is 0 Å². The minimum atomic E-state index is -3.76. The van der Waals surface area contributed by atoms with Crippen LogP contribution in [0.1, 0.15) is 39.5 Å². The SMILES string of the molecule is CCCCN(CCCC)S(=O)(=O)c1cc(N)c(F)cc1Cl. The third kappa shape index (κ3) is 4.56. The summed E-state index contributed by atoms with van der Waals surface area (Å²) in [5, 5.41) is -0.139. The summed E-state index contributed by atoms with van der Waals surface area (Å²) in [4.78, 5) is -0.129. The van der Waals surface area contributed by atoms with Crippen LogP contribution in [0, 0.1) is 5.82 Å². The molecule has 0 spiro atoms. The van der Waals surface area contributed by atoms with Crippen LogP contribution < -0.4 is 5.73 Å². The molecule has 4 nitrogen and oxygen atoms in total. The molecule has 0 bridgehead atoms. The van der Waals surface area contributed by atoms with Crippen LogP contribution in [0.25, 0.3) is 0 Å². The summed E-state index contributed by atoms with van der Waals surface area (Å²) in [6, 6.07) is 2.04. The smallest absolute Gasteiger partial charge is 0.244 e. The average molecular weight is 337 g/mol. The summed E-state index contributed by atoms with van der Waals surface area (Å²) < 4.78 is 40.1. The van der Waals surface area contributed by atoms with E-state index in [4.69, 9.17) is 17.3 Å². The molecule has 0 radical (unpaired) electrons. The van der Waals surface area contributed by atoms with Gasteiger partial charge in [0.05, 0.1) is 10.7 Å². The normalized spacial score (nSPS) is 12.0. The third-order valence-corrected chi connectivity index (χ3v) is 5.55. The quantitative estimate of drug-likeness (QED) is 0.737. The van der Waals surface area contributed by atoms with E-state index < -0.39 is 15.8 Å². The number of sulfonamides is 1. The second-order valence-electron chi connectivity index (χ2n) is 4.92. The maximum Gasteiger partial charge on any atom is 0.244 e. The zero-order valence-electron chi connectivity index (χ0n) is 12.4. The van der Waals surface area contributed by atoms with Gasteiger partial charge in [0.15, 0.2) is 0 Å². The van der Waals surface area contributed by atoms with Crippen molar-refractivity contribution >= 4 is 27.3 Å². The van der Waals surface area contributed by atoms with Gasteiger partial charge >= 0.3 is 0 Å². The van der Waals surface area contributed by atoms with Gasteiger partial charge in [0.1, 0.15) is 10.7 Å². The van der Waals surface area contributed by atoms with Crippen molar-refractivity contribution in [1.29, 1.82) is 0 Å². The number of halogens is 2. The van der Waals surface area contributed by atoms with Gasteiger partial charge in [-0.25, -0.2) is 12.8 Å². The molecule has 21 heavy (non-hydrogen) atoms. The molecule has 1 rings (SSSR count). The Labute approximate surface area is 131 Å². The van der Waals surface area contributed by atoms with Gasteiger partial charge in [-0.05, 0) is 25.0 Å². The Morgan fingerprint density at radius 1 is 1.19 bits per heavy atom. The van der Waals surface area contributed by atoms with Crippen LogP contribution in [0.5, 0.6) is 0 Å². The fraction of sp³-hybridized carbons (Fsp3) is 0.571. The molecule has 0 aliphatic carbocycles. The van der Waals surface area contributed by atoms with Crippen LogP contribution in [0.15, 0.2) is 17.0 Å². The van der Waals surface area contributed by atoms with Gasteiger partial charge in [-0.1, -0.05) is 38.3 Å². The second-order valence-corrected chi connectivity index (χ2v) is 7.23. The molecule has 0 aromatic heterocycles. The predicted octanol–water partition coefficient (Wildman–Crippen LogP) is 3.65. The molecule has 0 heterocycles. The van der Waals surface area contributed by atoms with Gasteiger partial charge in [-0.2, -0.15) is 4.31 Å². The number of hydrogen-bond donors (Lipinski definition) is 1. The van der Waals surface area contributed by atoms with Crippen LogP contribution in [0.4, 0.5) is 10.1 Å². The van der Waals surface area contributed by atoms with E-state index in [9.17, 15) is 12.8 Å². The monoisotopic (exact) mass is 336 g/mol. The van der Waals surface area contributed by atoms with Crippen molar-refractivity contribution in [2.45, 2.75) is 44.4 Å². The Morgan fingerprint density at radius 3 is 2.19 bits per heavy atom. The lowest BCUT2D eigenvalue weighted by Crippen LogP contribution is -2.33. The van der Waals surface area contributed by atoms with Crippen molar-refractivity contribution in [2.75, 3.05) is 18.8 Å². The van der Waals surface area contributed by atoms with Crippen molar-refractivity contribution < 1.29 is 12.8 Å². The first kappa shape index (κ1) is 18.2. The van der Waals surface area contributed by atoms with Gasteiger partial charge in [-0.15, -0.1) is 0 Å². The topological polar surface area (TPSA) is 63.4 Å². The molecule has 0 unspecified atom stereocenters. The minimum Gasteiger partial charge on any atom is -0.396 e. The van der Waals surface area contributed by atoms with Crippen molar-refractivity contribution in [3.63, 3.8) is 0 Å². The summed E-state index contributed by atoms with van der Waals surface area (Å²) in [7, 11) is -3.76. The molecule has 1 aromatic carbocycles. The van der Waals surface area contributed by atoms with E-state index in [1.54, 1.807) is 0 Å². The molecule has 1 aromatic rings. The lowest BCUT2D eigenvalue weighted by Gasteiger charge is -2.22. The number of nitrogens with two attached hydrogens (primary N) is 1. The maximum absolute atomic E-state index is 13.3. The van der Waals surface area contributed by atoms with E-state index in [0.717, 1.165) is 37.8 Å². The third-order valence-electron chi connectivity index (χ3n) is 3.19. The Hall–Kier alpha value is -0.850. The van der Waals surface area contributed by atoms with E-state index in [1.165, 1.54) is 4.31 Å². The van der Waals surface area contributed by atoms with Crippen LogP contribution in [-0.4, -0.2) is 25.8 Å². The number of anilines is 1. The van der Waals surface area contributed by atoms with Gasteiger partial charge < -0.3 is 5.73 Å². The van der Waals surface area contributed by atoms with Crippen LogP contribution in [0.3, 0.4) is 0 Å². The molecular weight excluding hydrogens is 315 g/mol. The number of nitrogen functional groups attached to an aromatic ring is 1. The molecule has 0 amide bonds. The Balaban J connectivity index is 3.18. The lowest BCUT2D eigenvalue weighted by atomic mass is 10.3. The first-order valence-corrected chi connectivity index (χ1v) is 8.91. The van der Waals surface area contributed by atoms with Crippen molar-refractivity contribution in [1.82, 2.24) is 4.31 Å². The Morgan fingerprint density at radius 2 is 1.71 bits per heavy atom. The highest BCUT2D eigenvalue weighted by atomic mass is 35.5. The van der Waals surface area contributed by atoms with Gasteiger partial charge in [-0.3, -0.25) is 0 Å². The largest absolute Gasteiger partial charge is 0.396 e. The molecule has 0 saturated heterocycles. The number of unbranched alkanes of at least 4 members (excludes halogenated alkanes) is 2. The van der Waals surface area contributed by atoms with Crippen LogP contribution in [-0.2, 0) is 10.0 Å². The fourth-order valence-corrected chi connectivity index (χ4v) is 3.94.